The monoisotopic (exact) mass is 305 g/mol. The van der Waals surface area contributed by atoms with Crippen LogP contribution in [0.2, 0.25) is 0 Å². The Morgan fingerprint density at radius 3 is 2.41 bits per heavy atom. The normalized spacial score (nSPS) is 15.3. The molecule has 0 aliphatic carbocycles. The van der Waals surface area contributed by atoms with E-state index in [2.05, 4.69) is 18.7 Å². The van der Waals surface area contributed by atoms with Crippen molar-refractivity contribution in [3.8, 4) is 5.75 Å². The smallest absolute Gasteiger partial charge is 0.225 e. The molecule has 2 N–H and O–H groups in total. The van der Waals surface area contributed by atoms with Crippen LogP contribution in [0.15, 0.2) is 18.2 Å². The second kappa shape index (κ2) is 7.38. The van der Waals surface area contributed by atoms with Crippen LogP contribution in [0.25, 0.3) is 0 Å². The van der Waals surface area contributed by atoms with Gasteiger partial charge in [0.15, 0.2) is 0 Å². The molecule has 0 radical (unpaired) electrons. The second-order valence-electron chi connectivity index (χ2n) is 5.76. The molecule has 0 spiro atoms. The minimum atomic E-state index is 0.164. The van der Waals surface area contributed by atoms with Gasteiger partial charge in [-0.3, -0.25) is 4.79 Å². The Bertz CT molecular complexity index is 507. The first-order valence-electron chi connectivity index (χ1n) is 8.07. The summed E-state index contributed by atoms with van der Waals surface area (Å²) < 4.78 is 5.42. The van der Waals surface area contributed by atoms with Crippen LogP contribution in [0.4, 0.5) is 11.4 Å². The Hall–Kier alpha value is -1.91. The summed E-state index contributed by atoms with van der Waals surface area (Å²) in [5, 5.41) is 0. The number of hydrogen-bond donors (Lipinski definition) is 1. The zero-order valence-electron chi connectivity index (χ0n) is 13.8. The molecule has 2 rings (SSSR count). The number of benzene rings is 1. The van der Waals surface area contributed by atoms with Crippen LogP contribution >= 0.6 is 0 Å². The first-order valence-corrected chi connectivity index (χ1v) is 8.07. The first-order chi connectivity index (χ1) is 10.6. The maximum Gasteiger partial charge on any atom is 0.225 e. The van der Waals surface area contributed by atoms with Crippen molar-refractivity contribution in [1.82, 2.24) is 4.90 Å². The highest BCUT2D eigenvalue weighted by atomic mass is 16.5. The highest BCUT2D eigenvalue weighted by Gasteiger charge is 2.26. The van der Waals surface area contributed by atoms with E-state index >= 15 is 0 Å². The molecule has 0 bridgehead atoms. The van der Waals surface area contributed by atoms with Gasteiger partial charge in [0.1, 0.15) is 5.75 Å². The Morgan fingerprint density at radius 2 is 1.86 bits per heavy atom. The van der Waals surface area contributed by atoms with Gasteiger partial charge in [0.2, 0.25) is 5.91 Å². The number of piperazine rings is 1. The quantitative estimate of drug-likeness (QED) is 0.849. The third kappa shape index (κ3) is 3.46. The average Bonchev–Trinajstić information content (AvgIpc) is 2.56. The molecule has 1 fully saturated rings. The highest BCUT2D eigenvalue weighted by Crippen LogP contribution is 2.31. The SMILES string of the molecule is CCC(CC)C(=O)N1CCN(c2ccc(N)cc2OC)CC1. The van der Waals surface area contributed by atoms with Gasteiger partial charge in [-0.2, -0.15) is 0 Å². The minimum Gasteiger partial charge on any atom is -0.495 e. The number of rotatable bonds is 5. The van der Waals surface area contributed by atoms with E-state index in [1.807, 2.05) is 23.1 Å². The maximum absolute atomic E-state index is 12.4. The minimum absolute atomic E-state index is 0.164. The third-order valence-corrected chi connectivity index (χ3v) is 4.47. The number of carbonyl (C=O) groups excluding carboxylic acids is 1. The Balaban J connectivity index is 2.02. The van der Waals surface area contributed by atoms with Gasteiger partial charge in [0, 0.05) is 43.9 Å². The van der Waals surface area contributed by atoms with Crippen molar-refractivity contribution in [1.29, 1.82) is 0 Å². The van der Waals surface area contributed by atoms with Crippen molar-refractivity contribution in [3.05, 3.63) is 18.2 Å². The molecule has 5 heteroatoms. The second-order valence-corrected chi connectivity index (χ2v) is 5.76. The standard InChI is InChI=1S/C17H27N3O2/c1-4-13(5-2)17(21)20-10-8-19(9-11-20)15-7-6-14(18)12-16(15)22-3/h6-7,12-13H,4-5,8-11,18H2,1-3H3. The lowest BCUT2D eigenvalue weighted by Crippen LogP contribution is -2.50. The van der Waals surface area contributed by atoms with Crippen molar-refractivity contribution in [2.45, 2.75) is 26.7 Å². The van der Waals surface area contributed by atoms with Crippen molar-refractivity contribution in [2.24, 2.45) is 5.92 Å². The van der Waals surface area contributed by atoms with E-state index in [0.29, 0.717) is 11.6 Å². The fraction of sp³-hybridized carbons (Fsp3) is 0.588. The summed E-state index contributed by atoms with van der Waals surface area (Å²) in [6.07, 6.45) is 1.84. The number of carbonyl (C=O) groups is 1. The number of ether oxygens (including phenoxy) is 1. The molecule has 22 heavy (non-hydrogen) atoms. The Labute approximate surface area is 133 Å². The Morgan fingerprint density at radius 1 is 1.23 bits per heavy atom. The van der Waals surface area contributed by atoms with Gasteiger partial charge >= 0.3 is 0 Å². The summed E-state index contributed by atoms with van der Waals surface area (Å²) in [4.78, 5) is 16.7. The van der Waals surface area contributed by atoms with Gasteiger partial charge in [-0.05, 0) is 25.0 Å². The van der Waals surface area contributed by atoms with Crippen LogP contribution in [0.3, 0.4) is 0 Å². The first kappa shape index (κ1) is 16.5. The number of hydrogen-bond acceptors (Lipinski definition) is 4. The molecule has 1 aliphatic rings. The summed E-state index contributed by atoms with van der Waals surface area (Å²) in [6, 6.07) is 5.73. The summed E-state index contributed by atoms with van der Waals surface area (Å²) in [7, 11) is 1.66. The van der Waals surface area contributed by atoms with Crippen LogP contribution < -0.4 is 15.4 Å². The largest absolute Gasteiger partial charge is 0.495 e. The van der Waals surface area contributed by atoms with Gasteiger partial charge in [0.05, 0.1) is 12.8 Å². The lowest BCUT2D eigenvalue weighted by Gasteiger charge is -2.38. The lowest BCUT2D eigenvalue weighted by molar-refractivity contribution is -0.136. The molecule has 0 unspecified atom stereocenters. The summed E-state index contributed by atoms with van der Waals surface area (Å²) in [6.45, 7) is 7.35. The van der Waals surface area contributed by atoms with Crippen molar-refractivity contribution < 1.29 is 9.53 Å². The molecule has 0 aromatic heterocycles. The molecular formula is C17H27N3O2. The molecule has 0 saturated carbocycles. The van der Waals surface area contributed by atoms with Crippen LogP contribution in [0.1, 0.15) is 26.7 Å². The van der Waals surface area contributed by atoms with Crippen molar-refractivity contribution in [2.75, 3.05) is 43.9 Å². The molecule has 1 heterocycles. The summed E-state index contributed by atoms with van der Waals surface area (Å²) in [5.74, 6) is 1.26. The maximum atomic E-state index is 12.4. The average molecular weight is 305 g/mol. The van der Waals surface area contributed by atoms with Crippen molar-refractivity contribution in [3.63, 3.8) is 0 Å². The number of nitrogens with two attached hydrogens (primary N) is 1. The molecular weight excluding hydrogens is 278 g/mol. The number of nitrogens with zero attached hydrogens (tertiary/aromatic N) is 2. The van der Waals surface area contributed by atoms with Gasteiger partial charge in [-0.25, -0.2) is 0 Å². The zero-order valence-corrected chi connectivity index (χ0v) is 13.8. The lowest BCUT2D eigenvalue weighted by atomic mass is 10.0. The van der Waals surface area contributed by atoms with E-state index in [1.54, 1.807) is 7.11 Å². The summed E-state index contributed by atoms with van der Waals surface area (Å²) >= 11 is 0. The van der Waals surface area contributed by atoms with Gasteiger partial charge < -0.3 is 20.3 Å². The molecule has 1 aromatic carbocycles. The number of anilines is 2. The van der Waals surface area contributed by atoms with E-state index in [1.165, 1.54) is 0 Å². The van der Waals surface area contributed by atoms with E-state index in [-0.39, 0.29) is 5.92 Å². The third-order valence-electron chi connectivity index (χ3n) is 4.47. The van der Waals surface area contributed by atoms with Gasteiger partial charge in [-0.15, -0.1) is 0 Å². The number of nitrogen functional groups attached to an aromatic ring is 1. The molecule has 1 aliphatic heterocycles. The molecule has 1 aromatic rings. The van der Waals surface area contributed by atoms with E-state index < -0.39 is 0 Å². The highest BCUT2D eigenvalue weighted by molar-refractivity contribution is 5.79. The zero-order chi connectivity index (χ0) is 16.1. The molecule has 5 nitrogen and oxygen atoms in total. The predicted molar refractivity (Wildman–Crippen MR) is 90.3 cm³/mol. The van der Waals surface area contributed by atoms with Gasteiger partial charge in [0.25, 0.3) is 0 Å². The fourth-order valence-electron chi connectivity index (χ4n) is 3.02. The van der Waals surface area contributed by atoms with E-state index in [4.69, 9.17) is 10.5 Å². The molecule has 122 valence electrons. The van der Waals surface area contributed by atoms with Crippen LogP contribution in [0, 0.1) is 5.92 Å². The van der Waals surface area contributed by atoms with E-state index in [0.717, 1.165) is 50.5 Å². The summed E-state index contributed by atoms with van der Waals surface area (Å²) in [5.41, 5.74) is 7.55. The molecule has 1 saturated heterocycles. The Kier molecular flexibility index (Phi) is 5.52. The number of amides is 1. The fourth-order valence-corrected chi connectivity index (χ4v) is 3.02. The molecule has 0 atom stereocenters. The topological polar surface area (TPSA) is 58.8 Å². The van der Waals surface area contributed by atoms with Crippen LogP contribution in [-0.4, -0.2) is 44.1 Å². The number of methoxy groups -OCH3 is 1. The molecule has 1 amide bonds. The van der Waals surface area contributed by atoms with Crippen LogP contribution in [-0.2, 0) is 4.79 Å². The van der Waals surface area contributed by atoms with E-state index in [9.17, 15) is 4.79 Å². The van der Waals surface area contributed by atoms with Crippen LogP contribution in [0.5, 0.6) is 5.75 Å². The van der Waals surface area contributed by atoms with Gasteiger partial charge in [-0.1, -0.05) is 13.8 Å². The van der Waals surface area contributed by atoms with Crippen molar-refractivity contribution >= 4 is 17.3 Å². The predicted octanol–water partition coefficient (Wildman–Crippen LogP) is 2.36.